The minimum Gasteiger partial charge on any atom is -0.363 e. The van der Waals surface area contributed by atoms with Crippen LogP contribution in [0.2, 0.25) is 0 Å². The van der Waals surface area contributed by atoms with Crippen LogP contribution in [0.3, 0.4) is 0 Å². The third-order valence-corrected chi connectivity index (χ3v) is 6.91. The Balaban J connectivity index is 1.30. The van der Waals surface area contributed by atoms with Crippen molar-refractivity contribution in [2.75, 3.05) is 11.5 Å². The lowest BCUT2D eigenvalue weighted by molar-refractivity contribution is -0.266. The molecule has 2 heterocycles. The maximum atomic E-state index is 12.4. The number of hydrogen-bond acceptors (Lipinski definition) is 5. The second kappa shape index (κ2) is 6.13. The molecule has 1 saturated carbocycles. The molecule has 3 bridgehead atoms. The van der Waals surface area contributed by atoms with Crippen LogP contribution in [0, 0.1) is 11.8 Å². The molecule has 1 aromatic carbocycles. The number of Topliss-reactive ketones (excluding diaryl/α,β-unsaturated/α-hetero) is 1. The van der Waals surface area contributed by atoms with Gasteiger partial charge in [-0.15, -0.1) is 0 Å². The highest BCUT2D eigenvalue weighted by atomic mass is 32.2. The maximum Gasteiger partial charge on any atom is 0.198 e. The molecule has 5 atom stereocenters. The van der Waals surface area contributed by atoms with Gasteiger partial charge in [-0.3, -0.25) is 4.79 Å². The molecule has 2 saturated heterocycles. The van der Waals surface area contributed by atoms with Crippen LogP contribution in [0.25, 0.3) is 0 Å². The summed E-state index contributed by atoms with van der Waals surface area (Å²) in [6, 6.07) is 10.5. The molecule has 5 heteroatoms. The molecule has 0 amide bonds. The fourth-order valence-electron chi connectivity index (χ4n) is 4.20. The first-order chi connectivity index (χ1) is 11.5. The third kappa shape index (κ3) is 2.71. The molecule has 0 radical (unpaired) electrons. The quantitative estimate of drug-likeness (QED) is 0.801. The summed E-state index contributed by atoms with van der Waals surface area (Å²) in [4.78, 5) is 12.4. The average Bonchev–Trinajstić information content (AvgIpc) is 2.72. The number of hydrogen-bond donors (Lipinski definition) is 1. The van der Waals surface area contributed by atoms with Gasteiger partial charge in [-0.1, -0.05) is 30.3 Å². The Kier molecular flexibility index (Phi) is 4.23. The predicted molar refractivity (Wildman–Crippen MR) is 92.6 cm³/mol. The SMILES string of the molecule is C[C@]12CC(=O)[C@@H]3C[C@@]1(O)O[C@H](O2)[C@H]3CSCCCc1ccccc1. The van der Waals surface area contributed by atoms with Crippen molar-refractivity contribution in [3.8, 4) is 0 Å². The number of ketones is 1. The van der Waals surface area contributed by atoms with Crippen molar-refractivity contribution < 1.29 is 19.4 Å². The summed E-state index contributed by atoms with van der Waals surface area (Å²) in [5, 5.41) is 10.6. The van der Waals surface area contributed by atoms with E-state index in [4.69, 9.17) is 9.47 Å². The second-order valence-electron chi connectivity index (χ2n) is 7.40. The summed E-state index contributed by atoms with van der Waals surface area (Å²) in [6.45, 7) is 1.80. The molecule has 0 aromatic heterocycles. The van der Waals surface area contributed by atoms with Crippen LogP contribution in [0.15, 0.2) is 30.3 Å². The first kappa shape index (κ1) is 16.6. The smallest absolute Gasteiger partial charge is 0.198 e. The van der Waals surface area contributed by atoms with Gasteiger partial charge in [0, 0.05) is 30.4 Å². The first-order valence-electron chi connectivity index (χ1n) is 8.73. The van der Waals surface area contributed by atoms with E-state index in [-0.39, 0.29) is 24.0 Å². The first-order valence-corrected chi connectivity index (χ1v) is 9.89. The minimum atomic E-state index is -1.27. The number of ether oxygens (including phenoxy) is 2. The fourth-order valence-corrected chi connectivity index (χ4v) is 5.38. The number of aliphatic hydroxyl groups is 1. The van der Waals surface area contributed by atoms with E-state index in [1.807, 2.05) is 17.8 Å². The molecule has 24 heavy (non-hydrogen) atoms. The maximum absolute atomic E-state index is 12.4. The van der Waals surface area contributed by atoms with Crippen LogP contribution in [0.4, 0.5) is 0 Å². The molecular formula is C19H24O4S. The van der Waals surface area contributed by atoms with Gasteiger partial charge in [0.25, 0.3) is 0 Å². The van der Waals surface area contributed by atoms with Gasteiger partial charge < -0.3 is 14.6 Å². The molecule has 1 aliphatic carbocycles. The number of benzene rings is 1. The van der Waals surface area contributed by atoms with E-state index in [1.54, 1.807) is 6.92 Å². The Morgan fingerprint density at radius 2 is 2.08 bits per heavy atom. The lowest BCUT2D eigenvalue weighted by Gasteiger charge is -2.45. The van der Waals surface area contributed by atoms with E-state index >= 15 is 0 Å². The van der Waals surface area contributed by atoms with Gasteiger partial charge in [-0.05, 0) is 31.1 Å². The summed E-state index contributed by atoms with van der Waals surface area (Å²) in [7, 11) is 0. The van der Waals surface area contributed by atoms with Gasteiger partial charge in [0.1, 0.15) is 11.4 Å². The van der Waals surface area contributed by atoms with Crippen LogP contribution in [0.5, 0.6) is 0 Å². The van der Waals surface area contributed by atoms with Crippen molar-refractivity contribution in [2.24, 2.45) is 11.8 Å². The number of fused-ring (bicyclic) bond motifs is 2. The molecule has 4 rings (SSSR count). The Hall–Kier alpha value is -0.880. The highest BCUT2D eigenvalue weighted by Crippen LogP contribution is 2.56. The summed E-state index contributed by atoms with van der Waals surface area (Å²) < 4.78 is 11.7. The van der Waals surface area contributed by atoms with Crippen LogP contribution < -0.4 is 0 Å². The second-order valence-corrected chi connectivity index (χ2v) is 8.55. The van der Waals surface area contributed by atoms with Crippen molar-refractivity contribution in [3.63, 3.8) is 0 Å². The van der Waals surface area contributed by atoms with Crippen molar-refractivity contribution in [3.05, 3.63) is 35.9 Å². The number of rotatable bonds is 6. The summed E-state index contributed by atoms with van der Waals surface area (Å²) in [6.07, 6.45) is 2.41. The van der Waals surface area contributed by atoms with Gasteiger partial charge in [-0.25, -0.2) is 0 Å². The lowest BCUT2D eigenvalue weighted by atomic mass is 9.70. The number of aryl methyl sites for hydroxylation is 1. The minimum absolute atomic E-state index is 0.0591. The van der Waals surface area contributed by atoms with E-state index < -0.39 is 17.7 Å². The monoisotopic (exact) mass is 348 g/mol. The van der Waals surface area contributed by atoms with Gasteiger partial charge >= 0.3 is 0 Å². The molecule has 4 nitrogen and oxygen atoms in total. The Bertz CT molecular complexity index is 621. The predicted octanol–water partition coefficient (Wildman–Crippen LogP) is 2.78. The van der Waals surface area contributed by atoms with Crippen molar-refractivity contribution in [1.29, 1.82) is 0 Å². The van der Waals surface area contributed by atoms with E-state index in [9.17, 15) is 9.90 Å². The normalized spacial score (nSPS) is 40.2. The molecule has 2 aliphatic heterocycles. The summed E-state index contributed by atoms with van der Waals surface area (Å²) >= 11 is 1.86. The van der Waals surface area contributed by atoms with Gasteiger partial charge in [0.05, 0.1) is 0 Å². The van der Waals surface area contributed by atoms with Gasteiger partial charge in [0.2, 0.25) is 0 Å². The standard InChI is InChI=1S/C19H24O4S/c1-18-11-16(20)14-10-19(18,21)23-17(22-18)15(14)12-24-9-5-8-13-6-3-2-4-7-13/h2-4,6-7,14-15,17,21H,5,8-12H2,1H3/t14-,15+,17+,18+,19-/m1/s1. The van der Waals surface area contributed by atoms with Crippen molar-refractivity contribution in [1.82, 2.24) is 0 Å². The van der Waals surface area contributed by atoms with E-state index in [0.717, 1.165) is 24.3 Å². The Morgan fingerprint density at radius 3 is 2.88 bits per heavy atom. The number of thioether (sulfide) groups is 1. The lowest BCUT2D eigenvalue weighted by Crippen LogP contribution is -2.59. The molecule has 3 fully saturated rings. The number of carbonyl (C=O) groups is 1. The third-order valence-electron chi connectivity index (χ3n) is 5.71. The Morgan fingerprint density at radius 1 is 1.29 bits per heavy atom. The largest absolute Gasteiger partial charge is 0.363 e. The van der Waals surface area contributed by atoms with E-state index in [1.165, 1.54) is 5.56 Å². The zero-order valence-electron chi connectivity index (χ0n) is 13.9. The molecule has 3 aliphatic rings. The van der Waals surface area contributed by atoms with Crippen LogP contribution in [0.1, 0.15) is 31.7 Å². The summed E-state index contributed by atoms with van der Waals surface area (Å²) in [5.41, 5.74) is 0.503. The van der Waals surface area contributed by atoms with Crippen LogP contribution in [-0.2, 0) is 20.7 Å². The van der Waals surface area contributed by atoms with Crippen molar-refractivity contribution in [2.45, 2.75) is 50.3 Å². The zero-order valence-corrected chi connectivity index (χ0v) is 14.8. The molecular weight excluding hydrogens is 324 g/mol. The molecule has 0 unspecified atom stereocenters. The zero-order chi connectivity index (χ0) is 16.8. The number of carbonyl (C=O) groups excluding carboxylic acids is 1. The van der Waals surface area contributed by atoms with Crippen molar-refractivity contribution >= 4 is 17.5 Å². The van der Waals surface area contributed by atoms with Gasteiger partial charge in [0.15, 0.2) is 12.1 Å². The molecule has 1 aromatic rings. The highest BCUT2D eigenvalue weighted by Gasteiger charge is 2.69. The highest BCUT2D eigenvalue weighted by molar-refractivity contribution is 7.99. The van der Waals surface area contributed by atoms with Crippen LogP contribution in [-0.4, -0.2) is 40.1 Å². The average molecular weight is 348 g/mol. The summed E-state index contributed by atoms with van der Waals surface area (Å²) in [5.74, 6) is 0.797. The van der Waals surface area contributed by atoms with E-state index in [0.29, 0.717) is 6.42 Å². The molecule has 1 N–H and O–H groups in total. The molecule has 130 valence electrons. The topological polar surface area (TPSA) is 55.8 Å². The van der Waals surface area contributed by atoms with E-state index in [2.05, 4.69) is 24.3 Å². The molecule has 0 spiro atoms. The van der Waals surface area contributed by atoms with Gasteiger partial charge in [-0.2, -0.15) is 11.8 Å². The van der Waals surface area contributed by atoms with Crippen LogP contribution >= 0.6 is 11.8 Å². The fraction of sp³-hybridized carbons (Fsp3) is 0.632. The Labute approximate surface area is 146 Å².